The van der Waals surface area contributed by atoms with Crippen LogP contribution in [0.4, 0.5) is 10.5 Å². The first-order chi connectivity index (χ1) is 12.6. The Morgan fingerprint density at radius 2 is 1.77 bits per heavy atom. The predicted molar refractivity (Wildman–Crippen MR) is 103 cm³/mol. The number of nitrogens with one attached hydrogen (secondary N) is 1. The van der Waals surface area contributed by atoms with Crippen LogP contribution in [0, 0.1) is 23.2 Å². The summed E-state index contributed by atoms with van der Waals surface area (Å²) in [6.45, 7) is 1.64. The Hall–Kier alpha value is -2.58. The van der Waals surface area contributed by atoms with Crippen molar-refractivity contribution in [2.45, 2.75) is 18.9 Å². The van der Waals surface area contributed by atoms with Gasteiger partial charge in [-0.1, -0.05) is 24.3 Å². The van der Waals surface area contributed by atoms with Crippen LogP contribution in [0.25, 0.3) is 10.8 Å². The standard InChI is InChI=1S/C21H24N4O/c1-24(2)20-15-7-8-16(20)13-25(12-15)21(26)23-19-10-9-14(11-22)17-5-3-4-6-18(17)19/h3-6,9-10,15-16,20H,7-8,12-13H2,1-2H3,(H,23,26)/t15-,16+,20?. The molecule has 5 nitrogen and oxygen atoms in total. The second kappa shape index (κ2) is 6.62. The van der Waals surface area contributed by atoms with Gasteiger partial charge in [0.1, 0.15) is 0 Å². The van der Waals surface area contributed by atoms with Gasteiger partial charge in [-0.25, -0.2) is 4.79 Å². The van der Waals surface area contributed by atoms with E-state index in [0.717, 1.165) is 29.5 Å². The minimum Gasteiger partial charge on any atom is -0.324 e. The van der Waals surface area contributed by atoms with Crippen LogP contribution >= 0.6 is 0 Å². The summed E-state index contributed by atoms with van der Waals surface area (Å²) >= 11 is 0. The maximum absolute atomic E-state index is 12.9. The van der Waals surface area contributed by atoms with E-state index in [1.54, 1.807) is 6.07 Å². The van der Waals surface area contributed by atoms with Crippen molar-refractivity contribution in [2.24, 2.45) is 11.8 Å². The number of carbonyl (C=O) groups excluding carboxylic acids is 1. The van der Waals surface area contributed by atoms with Crippen LogP contribution in [-0.4, -0.2) is 49.1 Å². The van der Waals surface area contributed by atoms with E-state index in [1.165, 1.54) is 12.8 Å². The van der Waals surface area contributed by atoms with Gasteiger partial charge in [-0.15, -0.1) is 0 Å². The van der Waals surface area contributed by atoms with Gasteiger partial charge in [-0.3, -0.25) is 0 Å². The molecule has 1 saturated carbocycles. The van der Waals surface area contributed by atoms with Crippen molar-refractivity contribution in [1.29, 1.82) is 5.26 Å². The van der Waals surface area contributed by atoms with Crippen LogP contribution in [0.3, 0.4) is 0 Å². The number of fused-ring (bicyclic) bond motifs is 3. The van der Waals surface area contributed by atoms with Gasteiger partial charge in [0.25, 0.3) is 0 Å². The van der Waals surface area contributed by atoms with Gasteiger partial charge in [-0.2, -0.15) is 5.26 Å². The largest absolute Gasteiger partial charge is 0.324 e. The smallest absolute Gasteiger partial charge is 0.321 e. The normalized spacial score (nSPS) is 24.7. The minimum absolute atomic E-state index is 0.0334. The number of urea groups is 1. The molecule has 2 aliphatic rings. The number of amides is 2. The summed E-state index contributed by atoms with van der Waals surface area (Å²) in [6.07, 6.45) is 2.41. The molecule has 1 N–H and O–H groups in total. The second-order valence-electron chi connectivity index (χ2n) is 7.70. The molecule has 2 aromatic rings. The molecular formula is C21H24N4O. The zero-order chi connectivity index (χ0) is 18.3. The average molecular weight is 348 g/mol. The van der Waals surface area contributed by atoms with Crippen molar-refractivity contribution < 1.29 is 4.79 Å². The molecule has 1 unspecified atom stereocenters. The number of anilines is 1. The van der Waals surface area contributed by atoms with E-state index < -0.39 is 0 Å². The van der Waals surface area contributed by atoms with Gasteiger partial charge in [0.15, 0.2) is 0 Å². The van der Waals surface area contributed by atoms with E-state index in [9.17, 15) is 10.1 Å². The molecule has 4 rings (SSSR count). The SMILES string of the molecule is CN(C)C1[C@@H]2CC[C@H]1CN(C(=O)Nc1ccc(C#N)c3ccccc13)C2. The lowest BCUT2D eigenvalue weighted by Gasteiger charge is -2.41. The van der Waals surface area contributed by atoms with E-state index >= 15 is 0 Å². The summed E-state index contributed by atoms with van der Waals surface area (Å²) in [7, 11) is 4.29. The first-order valence-corrected chi connectivity index (χ1v) is 9.22. The fraction of sp³-hybridized carbons (Fsp3) is 0.429. The third-order valence-electron chi connectivity index (χ3n) is 5.95. The molecule has 1 aliphatic heterocycles. The summed E-state index contributed by atoms with van der Waals surface area (Å²) in [5, 5.41) is 14.2. The van der Waals surface area contributed by atoms with Gasteiger partial charge in [0.2, 0.25) is 0 Å². The van der Waals surface area contributed by atoms with Crippen LogP contribution in [-0.2, 0) is 0 Å². The number of rotatable bonds is 2. The van der Waals surface area contributed by atoms with Crippen LogP contribution in [0.2, 0.25) is 0 Å². The number of nitriles is 1. The van der Waals surface area contributed by atoms with Crippen LogP contribution in [0.5, 0.6) is 0 Å². The Kier molecular flexibility index (Phi) is 4.29. The van der Waals surface area contributed by atoms with Crippen molar-refractivity contribution in [3.05, 3.63) is 42.0 Å². The highest BCUT2D eigenvalue weighted by Gasteiger charge is 2.44. The molecule has 0 radical (unpaired) electrons. The molecule has 1 saturated heterocycles. The minimum atomic E-state index is -0.0334. The zero-order valence-electron chi connectivity index (χ0n) is 15.3. The molecule has 0 aromatic heterocycles. The molecule has 2 aromatic carbocycles. The predicted octanol–water partition coefficient (Wildman–Crippen LogP) is 3.52. The summed E-state index contributed by atoms with van der Waals surface area (Å²) in [6, 6.07) is 14.1. The molecular weight excluding hydrogens is 324 g/mol. The van der Waals surface area contributed by atoms with Gasteiger partial charge < -0.3 is 15.1 Å². The fourth-order valence-corrected chi connectivity index (χ4v) is 4.90. The molecule has 0 spiro atoms. The van der Waals surface area contributed by atoms with Gasteiger partial charge in [-0.05, 0) is 50.9 Å². The van der Waals surface area contributed by atoms with Gasteiger partial charge >= 0.3 is 6.03 Å². The van der Waals surface area contributed by atoms with Gasteiger partial charge in [0, 0.05) is 29.9 Å². The first kappa shape index (κ1) is 16.9. The van der Waals surface area contributed by atoms with Crippen molar-refractivity contribution >= 4 is 22.5 Å². The Bertz CT molecular complexity index is 871. The van der Waals surface area contributed by atoms with Crippen LogP contribution in [0.1, 0.15) is 18.4 Å². The molecule has 3 atom stereocenters. The number of likely N-dealkylation sites (tertiary alicyclic amines) is 1. The van der Waals surface area contributed by atoms with E-state index in [1.807, 2.05) is 35.2 Å². The number of carbonyl (C=O) groups is 1. The van der Waals surface area contributed by atoms with Crippen molar-refractivity contribution in [2.75, 3.05) is 32.5 Å². The maximum Gasteiger partial charge on any atom is 0.321 e. The summed E-state index contributed by atoms with van der Waals surface area (Å²) < 4.78 is 0. The monoisotopic (exact) mass is 348 g/mol. The molecule has 1 aliphatic carbocycles. The van der Waals surface area contributed by atoms with Crippen LogP contribution < -0.4 is 5.32 Å². The Labute approximate surface area is 154 Å². The van der Waals surface area contributed by atoms with Crippen molar-refractivity contribution in [3.63, 3.8) is 0 Å². The number of piperidine rings is 1. The Morgan fingerprint density at radius 1 is 1.12 bits per heavy atom. The lowest BCUT2D eigenvalue weighted by atomic mass is 9.91. The second-order valence-corrected chi connectivity index (χ2v) is 7.70. The lowest BCUT2D eigenvalue weighted by molar-refractivity contribution is 0.0953. The van der Waals surface area contributed by atoms with Gasteiger partial charge in [0.05, 0.1) is 17.3 Å². The lowest BCUT2D eigenvalue weighted by Crippen LogP contribution is -2.53. The number of hydrogen-bond donors (Lipinski definition) is 1. The molecule has 2 fully saturated rings. The number of nitrogens with zero attached hydrogens (tertiary/aromatic N) is 3. The number of benzene rings is 2. The zero-order valence-corrected chi connectivity index (χ0v) is 15.3. The Morgan fingerprint density at radius 3 is 2.38 bits per heavy atom. The third kappa shape index (κ3) is 2.81. The summed E-state index contributed by atoms with van der Waals surface area (Å²) in [5.41, 5.74) is 1.40. The molecule has 2 amide bonds. The molecule has 134 valence electrons. The number of hydrogen-bond acceptors (Lipinski definition) is 3. The van der Waals surface area contributed by atoms with E-state index in [-0.39, 0.29) is 6.03 Å². The average Bonchev–Trinajstić information content (AvgIpc) is 2.92. The highest BCUT2D eigenvalue weighted by molar-refractivity contribution is 6.03. The maximum atomic E-state index is 12.9. The van der Waals surface area contributed by atoms with Crippen molar-refractivity contribution in [3.8, 4) is 6.07 Å². The summed E-state index contributed by atoms with van der Waals surface area (Å²) in [5.74, 6) is 1.12. The molecule has 26 heavy (non-hydrogen) atoms. The van der Waals surface area contributed by atoms with E-state index in [0.29, 0.717) is 23.4 Å². The third-order valence-corrected chi connectivity index (χ3v) is 5.95. The molecule has 1 heterocycles. The van der Waals surface area contributed by atoms with Crippen molar-refractivity contribution in [1.82, 2.24) is 9.80 Å². The van der Waals surface area contributed by atoms with E-state index in [2.05, 4.69) is 30.4 Å². The van der Waals surface area contributed by atoms with E-state index in [4.69, 9.17) is 0 Å². The molecule has 5 heteroatoms. The summed E-state index contributed by atoms with van der Waals surface area (Å²) in [4.78, 5) is 17.2. The first-order valence-electron chi connectivity index (χ1n) is 9.22. The quantitative estimate of drug-likeness (QED) is 0.903. The highest BCUT2D eigenvalue weighted by Crippen LogP contribution is 2.39. The molecule has 2 bridgehead atoms. The van der Waals surface area contributed by atoms with Crippen LogP contribution in [0.15, 0.2) is 36.4 Å². The highest BCUT2D eigenvalue weighted by atomic mass is 16.2. The Balaban J connectivity index is 1.55. The topological polar surface area (TPSA) is 59.4 Å². The fourth-order valence-electron chi connectivity index (χ4n) is 4.90.